The van der Waals surface area contributed by atoms with Crippen LogP contribution in [0.25, 0.3) is 0 Å². The molecule has 0 fully saturated rings. The summed E-state index contributed by atoms with van der Waals surface area (Å²) in [6.45, 7) is 1.30. The van der Waals surface area contributed by atoms with Crippen LogP contribution in [0.2, 0.25) is 15.1 Å². The summed E-state index contributed by atoms with van der Waals surface area (Å²) < 4.78 is 46.3. The maximum absolute atomic E-state index is 14.0. The summed E-state index contributed by atoms with van der Waals surface area (Å²) in [6.07, 6.45) is -5.40. The van der Waals surface area contributed by atoms with Gasteiger partial charge in [-0.05, 0) is 30.3 Å². The molecular weight excluding hydrogens is 522 g/mol. The molecule has 1 unspecified atom stereocenters. The Bertz CT molecular complexity index is 1090. The molecule has 0 radical (unpaired) electrons. The van der Waals surface area contributed by atoms with E-state index in [-0.39, 0.29) is 44.5 Å². The van der Waals surface area contributed by atoms with E-state index < -0.39 is 24.1 Å². The van der Waals surface area contributed by atoms with Gasteiger partial charge in [0.25, 0.3) is 5.60 Å². The number of nitrogens with one attached hydrogen (secondary N) is 1. The molecule has 1 aliphatic heterocycles. The van der Waals surface area contributed by atoms with Gasteiger partial charge in [-0.15, -0.1) is 0 Å². The zero-order valence-corrected chi connectivity index (χ0v) is 20.1. The lowest BCUT2D eigenvalue weighted by Gasteiger charge is -2.29. The van der Waals surface area contributed by atoms with E-state index in [1.165, 1.54) is 38.3 Å². The molecule has 3 N–H and O–H groups in total. The van der Waals surface area contributed by atoms with Crippen LogP contribution in [0.1, 0.15) is 24.5 Å². The Morgan fingerprint density at radius 3 is 2.26 bits per heavy atom. The first-order valence-electron chi connectivity index (χ1n) is 9.42. The molecule has 0 spiro atoms. The van der Waals surface area contributed by atoms with Crippen molar-refractivity contribution in [1.82, 2.24) is 0 Å². The number of oxime groups is 1. The van der Waals surface area contributed by atoms with Gasteiger partial charge in [0.1, 0.15) is 6.61 Å². The number of hydrogen-bond acceptors (Lipinski definition) is 5. The second-order valence-electron chi connectivity index (χ2n) is 7.06. The quantitative estimate of drug-likeness (QED) is 0.537. The number of primary amides is 1. The maximum atomic E-state index is 14.0. The zero-order chi connectivity index (χ0) is 25.7. The second-order valence-corrected chi connectivity index (χ2v) is 8.34. The Morgan fingerprint density at radius 2 is 1.79 bits per heavy atom. The van der Waals surface area contributed by atoms with Crippen LogP contribution in [0.4, 0.5) is 18.9 Å². The fourth-order valence-electron chi connectivity index (χ4n) is 2.98. The standard InChI is InChI=1S/C18H12Cl3F3N2O2.C3H7NO2/c1-9(27)25-15-4-10(2-3-14(15)21)16-8-17(28-26-16,18(22,23)24)11-5-12(19)7-13(20)6-11;1-6-2-3(4)5/h2-7H,8H2,1H3,(H,25,27);2H2,1H3,(H2,4,5). The van der Waals surface area contributed by atoms with Crippen LogP contribution < -0.4 is 11.1 Å². The SMILES string of the molecule is CC(=O)Nc1cc(C2=NOC(c3cc(Cl)cc(Cl)c3)(C(F)(F)F)C2)ccc1Cl.COCC(N)=O. The predicted octanol–water partition coefficient (Wildman–Crippen LogP) is 5.31. The number of benzene rings is 2. The Morgan fingerprint density at radius 1 is 1.18 bits per heavy atom. The molecule has 1 heterocycles. The number of alkyl halides is 3. The average Bonchev–Trinajstić information content (AvgIpc) is 3.16. The third kappa shape index (κ3) is 6.75. The Kier molecular flexibility index (Phi) is 9.18. The van der Waals surface area contributed by atoms with Gasteiger partial charge in [0, 0.05) is 41.6 Å². The fraction of sp³-hybridized carbons (Fsp3) is 0.286. The number of rotatable bonds is 5. The smallest absolute Gasteiger partial charge is 0.375 e. The van der Waals surface area contributed by atoms with Gasteiger partial charge < -0.3 is 20.6 Å². The molecule has 0 saturated heterocycles. The molecule has 1 atom stereocenters. The summed E-state index contributed by atoms with van der Waals surface area (Å²) >= 11 is 17.8. The molecule has 0 aliphatic carbocycles. The maximum Gasteiger partial charge on any atom is 0.435 e. The van der Waals surface area contributed by atoms with E-state index in [1.54, 1.807) is 0 Å². The van der Waals surface area contributed by atoms with E-state index in [9.17, 15) is 22.8 Å². The Labute approximate surface area is 207 Å². The van der Waals surface area contributed by atoms with E-state index in [0.29, 0.717) is 5.56 Å². The highest BCUT2D eigenvalue weighted by atomic mass is 35.5. The third-order valence-electron chi connectivity index (χ3n) is 4.41. The normalized spacial score (nSPS) is 17.2. The van der Waals surface area contributed by atoms with Crippen LogP contribution in [0.5, 0.6) is 0 Å². The van der Waals surface area contributed by atoms with Crippen LogP contribution in [-0.4, -0.2) is 37.4 Å². The Balaban J connectivity index is 0.000000604. The van der Waals surface area contributed by atoms with E-state index in [0.717, 1.165) is 12.1 Å². The van der Waals surface area contributed by atoms with Crippen molar-refractivity contribution < 1.29 is 32.3 Å². The molecule has 1 aliphatic rings. The first-order valence-corrected chi connectivity index (χ1v) is 10.6. The van der Waals surface area contributed by atoms with Crippen LogP contribution in [0.3, 0.4) is 0 Å². The number of carbonyl (C=O) groups excluding carboxylic acids is 2. The predicted molar refractivity (Wildman–Crippen MR) is 123 cm³/mol. The molecule has 2 aromatic rings. The number of halogens is 6. The summed E-state index contributed by atoms with van der Waals surface area (Å²) in [6, 6.07) is 7.99. The number of amides is 2. The highest BCUT2D eigenvalue weighted by molar-refractivity contribution is 6.35. The van der Waals surface area contributed by atoms with Gasteiger partial charge in [-0.2, -0.15) is 13.2 Å². The minimum atomic E-state index is -4.79. The van der Waals surface area contributed by atoms with Gasteiger partial charge in [-0.1, -0.05) is 46.0 Å². The van der Waals surface area contributed by atoms with Crippen LogP contribution in [0, 0.1) is 0 Å². The van der Waals surface area contributed by atoms with Gasteiger partial charge in [0.05, 0.1) is 16.4 Å². The first kappa shape index (κ1) is 27.7. The lowest BCUT2D eigenvalue weighted by atomic mass is 9.86. The number of methoxy groups -OCH3 is 1. The average molecular weight is 541 g/mol. The number of nitrogens with two attached hydrogens (primary N) is 1. The van der Waals surface area contributed by atoms with E-state index in [4.69, 9.17) is 39.6 Å². The summed E-state index contributed by atoms with van der Waals surface area (Å²) in [4.78, 5) is 25.9. The van der Waals surface area contributed by atoms with Crippen molar-refractivity contribution in [3.8, 4) is 0 Å². The third-order valence-corrected chi connectivity index (χ3v) is 5.18. The van der Waals surface area contributed by atoms with Gasteiger partial charge in [0.15, 0.2) is 0 Å². The molecule has 2 amide bonds. The van der Waals surface area contributed by atoms with Crippen molar-refractivity contribution in [1.29, 1.82) is 0 Å². The molecule has 2 aromatic carbocycles. The number of carbonyl (C=O) groups is 2. The van der Waals surface area contributed by atoms with Crippen molar-refractivity contribution >= 4 is 58.0 Å². The van der Waals surface area contributed by atoms with Crippen LogP contribution >= 0.6 is 34.8 Å². The molecule has 0 aromatic heterocycles. The van der Waals surface area contributed by atoms with Crippen molar-refractivity contribution in [2.45, 2.75) is 25.1 Å². The molecule has 0 bridgehead atoms. The molecule has 7 nitrogen and oxygen atoms in total. The summed E-state index contributed by atoms with van der Waals surface area (Å²) in [5, 5.41) is 6.50. The van der Waals surface area contributed by atoms with Gasteiger partial charge >= 0.3 is 6.18 Å². The Hall–Kier alpha value is -2.53. The highest BCUT2D eigenvalue weighted by Gasteiger charge is 2.62. The van der Waals surface area contributed by atoms with Crippen molar-refractivity contribution in [2.24, 2.45) is 10.9 Å². The number of anilines is 1. The number of hydrogen-bond donors (Lipinski definition) is 2. The van der Waals surface area contributed by atoms with Crippen molar-refractivity contribution in [2.75, 3.05) is 19.0 Å². The van der Waals surface area contributed by atoms with Gasteiger partial charge in [0.2, 0.25) is 11.8 Å². The molecule has 3 rings (SSSR count). The molecule has 0 saturated carbocycles. The van der Waals surface area contributed by atoms with Crippen LogP contribution in [-0.2, 0) is 24.8 Å². The minimum absolute atomic E-state index is 0.0139. The van der Waals surface area contributed by atoms with Crippen molar-refractivity contribution in [3.05, 3.63) is 62.6 Å². The van der Waals surface area contributed by atoms with Gasteiger partial charge in [-0.3, -0.25) is 9.59 Å². The van der Waals surface area contributed by atoms with Crippen molar-refractivity contribution in [3.63, 3.8) is 0 Å². The molecule has 13 heteroatoms. The minimum Gasteiger partial charge on any atom is -0.375 e. The van der Waals surface area contributed by atoms with E-state index in [1.807, 2.05) is 0 Å². The lowest BCUT2D eigenvalue weighted by Crippen LogP contribution is -2.42. The van der Waals surface area contributed by atoms with Crippen LogP contribution in [0.15, 0.2) is 41.6 Å². The fourth-order valence-corrected chi connectivity index (χ4v) is 3.67. The van der Waals surface area contributed by atoms with E-state index in [2.05, 4.69) is 20.9 Å². The van der Waals surface area contributed by atoms with E-state index >= 15 is 0 Å². The largest absolute Gasteiger partial charge is 0.435 e. The zero-order valence-electron chi connectivity index (χ0n) is 17.8. The molecular formula is C21H19Cl3F3N3O4. The monoisotopic (exact) mass is 539 g/mol. The topological polar surface area (TPSA) is 103 Å². The number of ether oxygens (including phenoxy) is 1. The second kappa shape index (κ2) is 11.3. The molecule has 184 valence electrons. The highest BCUT2D eigenvalue weighted by Crippen LogP contribution is 2.49. The van der Waals surface area contributed by atoms with Gasteiger partial charge in [-0.25, -0.2) is 0 Å². The first-order chi connectivity index (χ1) is 15.8. The molecule has 34 heavy (non-hydrogen) atoms. The summed E-state index contributed by atoms with van der Waals surface area (Å²) in [5.41, 5.74) is 2.27. The summed E-state index contributed by atoms with van der Waals surface area (Å²) in [5.74, 6) is -0.806. The lowest BCUT2D eigenvalue weighted by molar-refractivity contribution is -0.275. The summed E-state index contributed by atoms with van der Waals surface area (Å²) in [7, 11) is 1.42. The number of nitrogens with zero attached hydrogens (tertiary/aromatic N) is 1.